The maximum atomic E-state index is 11.6. The van der Waals surface area contributed by atoms with Crippen LogP contribution in [0.1, 0.15) is 5.56 Å². The first kappa shape index (κ1) is 12.0. The number of hydrogen-bond acceptors (Lipinski definition) is 2. The predicted octanol–water partition coefficient (Wildman–Crippen LogP) is 2.92. The molecule has 18 heavy (non-hydrogen) atoms. The maximum Gasteiger partial charge on any atom is 0.324 e. The van der Waals surface area contributed by atoms with Crippen LogP contribution in [-0.2, 0) is 0 Å². The lowest BCUT2D eigenvalue weighted by Gasteiger charge is -2.21. The third-order valence-corrected chi connectivity index (χ3v) is 2.61. The van der Waals surface area contributed by atoms with Gasteiger partial charge in [0.25, 0.3) is 0 Å². The van der Waals surface area contributed by atoms with Crippen molar-refractivity contribution in [2.45, 2.75) is 6.92 Å². The molecule has 4 nitrogen and oxygen atoms in total. The van der Waals surface area contributed by atoms with Gasteiger partial charge < -0.3 is 10.8 Å². The van der Waals surface area contributed by atoms with E-state index >= 15 is 0 Å². The molecule has 3 N–H and O–H groups in total. The first-order valence-electron chi connectivity index (χ1n) is 5.54. The molecule has 4 heteroatoms. The number of anilines is 2. The number of nitrogens with two attached hydrogens (primary N) is 1. The maximum absolute atomic E-state index is 11.6. The third kappa shape index (κ3) is 2.27. The number of phenolic OH excluding ortho intramolecular Hbond substituents is 1. The molecule has 2 aromatic carbocycles. The van der Waals surface area contributed by atoms with Crippen molar-refractivity contribution in [2.24, 2.45) is 5.73 Å². The standard InChI is InChI=1S/C14H14N2O2/c1-10-7-8-12(13(17)9-10)16(14(15)18)11-5-3-2-4-6-11/h2-9,17H,1H3,(H2,15,18). The summed E-state index contributed by atoms with van der Waals surface area (Å²) in [7, 11) is 0. The fourth-order valence-electron chi connectivity index (χ4n) is 1.78. The summed E-state index contributed by atoms with van der Waals surface area (Å²) >= 11 is 0. The van der Waals surface area contributed by atoms with E-state index in [2.05, 4.69) is 0 Å². The number of para-hydroxylation sites is 1. The Morgan fingerprint density at radius 2 is 1.83 bits per heavy atom. The van der Waals surface area contributed by atoms with Gasteiger partial charge in [0.2, 0.25) is 0 Å². The Bertz CT molecular complexity index is 567. The van der Waals surface area contributed by atoms with E-state index in [1.807, 2.05) is 19.1 Å². The Hall–Kier alpha value is -2.49. The molecule has 0 heterocycles. The van der Waals surface area contributed by atoms with E-state index in [0.29, 0.717) is 11.4 Å². The fourth-order valence-corrected chi connectivity index (χ4v) is 1.78. The van der Waals surface area contributed by atoms with E-state index in [1.54, 1.807) is 36.4 Å². The second-order valence-corrected chi connectivity index (χ2v) is 4.00. The van der Waals surface area contributed by atoms with E-state index in [4.69, 9.17) is 5.73 Å². The number of aromatic hydroxyl groups is 1. The van der Waals surface area contributed by atoms with Crippen LogP contribution in [0.4, 0.5) is 16.2 Å². The van der Waals surface area contributed by atoms with E-state index in [9.17, 15) is 9.90 Å². The van der Waals surface area contributed by atoms with Crippen LogP contribution >= 0.6 is 0 Å². The lowest BCUT2D eigenvalue weighted by molar-refractivity contribution is 0.256. The summed E-state index contributed by atoms with van der Waals surface area (Å²) in [5.74, 6) is 0.0256. The minimum Gasteiger partial charge on any atom is -0.506 e. The van der Waals surface area contributed by atoms with Gasteiger partial charge in [-0.15, -0.1) is 0 Å². The van der Waals surface area contributed by atoms with E-state index < -0.39 is 6.03 Å². The van der Waals surface area contributed by atoms with Gasteiger partial charge in [0, 0.05) is 0 Å². The number of primary amides is 1. The highest BCUT2D eigenvalue weighted by Gasteiger charge is 2.17. The number of nitrogens with zero attached hydrogens (tertiary/aromatic N) is 1. The third-order valence-electron chi connectivity index (χ3n) is 2.61. The largest absolute Gasteiger partial charge is 0.506 e. The van der Waals surface area contributed by atoms with Crippen LogP contribution < -0.4 is 10.6 Å². The number of rotatable bonds is 2. The predicted molar refractivity (Wildman–Crippen MR) is 71.0 cm³/mol. The first-order valence-corrected chi connectivity index (χ1v) is 5.54. The van der Waals surface area contributed by atoms with Gasteiger partial charge in [-0.1, -0.05) is 24.3 Å². The van der Waals surface area contributed by atoms with Crippen LogP contribution in [0.5, 0.6) is 5.75 Å². The quantitative estimate of drug-likeness (QED) is 0.850. The van der Waals surface area contributed by atoms with Gasteiger partial charge in [-0.25, -0.2) is 4.79 Å². The van der Waals surface area contributed by atoms with Gasteiger partial charge in [0.1, 0.15) is 5.75 Å². The number of amides is 2. The van der Waals surface area contributed by atoms with Gasteiger partial charge >= 0.3 is 6.03 Å². The molecule has 0 saturated carbocycles. The minimum absolute atomic E-state index is 0.0256. The molecule has 0 unspecified atom stereocenters. The average molecular weight is 242 g/mol. The molecule has 0 aliphatic rings. The SMILES string of the molecule is Cc1ccc(N(C(N)=O)c2ccccc2)c(O)c1. The molecule has 0 saturated heterocycles. The van der Waals surface area contributed by atoms with Crippen LogP contribution in [0.15, 0.2) is 48.5 Å². The number of hydrogen-bond donors (Lipinski definition) is 2. The van der Waals surface area contributed by atoms with Crippen LogP contribution in [0, 0.1) is 6.92 Å². The van der Waals surface area contributed by atoms with E-state index in [1.165, 1.54) is 4.90 Å². The fraction of sp³-hybridized carbons (Fsp3) is 0.0714. The van der Waals surface area contributed by atoms with E-state index in [0.717, 1.165) is 5.56 Å². The molecule has 2 aromatic rings. The number of phenols is 1. The minimum atomic E-state index is -0.639. The molecule has 2 amide bonds. The summed E-state index contributed by atoms with van der Waals surface area (Å²) in [6, 6.07) is 13.4. The summed E-state index contributed by atoms with van der Waals surface area (Å²) in [4.78, 5) is 12.8. The summed E-state index contributed by atoms with van der Waals surface area (Å²) < 4.78 is 0. The number of urea groups is 1. The van der Waals surface area contributed by atoms with Crippen molar-refractivity contribution in [3.05, 3.63) is 54.1 Å². The van der Waals surface area contributed by atoms with Crippen LogP contribution in [0.3, 0.4) is 0 Å². The number of aryl methyl sites for hydroxylation is 1. The molecule has 0 bridgehead atoms. The second kappa shape index (κ2) is 4.79. The molecule has 0 aliphatic carbocycles. The molecule has 0 fully saturated rings. The lowest BCUT2D eigenvalue weighted by atomic mass is 10.2. The van der Waals surface area contributed by atoms with Crippen molar-refractivity contribution < 1.29 is 9.90 Å². The molecule has 0 radical (unpaired) electrons. The van der Waals surface area contributed by atoms with Gasteiger partial charge in [-0.05, 0) is 36.8 Å². The van der Waals surface area contributed by atoms with Crippen molar-refractivity contribution in [1.29, 1.82) is 0 Å². The number of carbonyl (C=O) groups excluding carboxylic acids is 1. The number of benzene rings is 2. The molecule has 0 aromatic heterocycles. The van der Waals surface area contributed by atoms with Crippen molar-refractivity contribution in [3.63, 3.8) is 0 Å². The molecule has 0 spiro atoms. The summed E-state index contributed by atoms with van der Waals surface area (Å²) in [6.07, 6.45) is 0. The normalized spacial score (nSPS) is 10.1. The zero-order valence-electron chi connectivity index (χ0n) is 10.00. The van der Waals surface area contributed by atoms with Crippen molar-refractivity contribution >= 4 is 17.4 Å². The molecule has 2 rings (SSSR count). The Morgan fingerprint density at radius 1 is 1.17 bits per heavy atom. The Balaban J connectivity index is 2.52. The first-order chi connectivity index (χ1) is 8.59. The van der Waals surface area contributed by atoms with Crippen LogP contribution in [-0.4, -0.2) is 11.1 Å². The number of carbonyl (C=O) groups is 1. The molecular weight excluding hydrogens is 228 g/mol. The highest BCUT2D eigenvalue weighted by atomic mass is 16.3. The van der Waals surface area contributed by atoms with Crippen molar-refractivity contribution in [1.82, 2.24) is 0 Å². The zero-order valence-corrected chi connectivity index (χ0v) is 10.00. The highest BCUT2D eigenvalue weighted by molar-refractivity contribution is 5.99. The lowest BCUT2D eigenvalue weighted by Crippen LogP contribution is -2.31. The van der Waals surface area contributed by atoms with Crippen molar-refractivity contribution in [2.75, 3.05) is 4.90 Å². The zero-order chi connectivity index (χ0) is 13.1. The smallest absolute Gasteiger partial charge is 0.324 e. The van der Waals surface area contributed by atoms with Crippen molar-refractivity contribution in [3.8, 4) is 5.75 Å². The Morgan fingerprint density at radius 3 is 2.39 bits per heavy atom. The molecule has 92 valence electrons. The van der Waals surface area contributed by atoms with E-state index in [-0.39, 0.29) is 5.75 Å². The summed E-state index contributed by atoms with van der Waals surface area (Å²) in [6.45, 7) is 1.86. The van der Waals surface area contributed by atoms with Crippen LogP contribution in [0.25, 0.3) is 0 Å². The molecule has 0 atom stereocenters. The van der Waals surface area contributed by atoms with Gasteiger partial charge in [-0.3, -0.25) is 4.90 Å². The summed E-state index contributed by atoms with van der Waals surface area (Å²) in [5, 5.41) is 9.92. The highest BCUT2D eigenvalue weighted by Crippen LogP contribution is 2.33. The molecular formula is C14H14N2O2. The topological polar surface area (TPSA) is 66.6 Å². The Labute approximate surface area is 105 Å². The second-order valence-electron chi connectivity index (χ2n) is 4.00. The summed E-state index contributed by atoms with van der Waals surface area (Å²) in [5.41, 5.74) is 7.28. The van der Waals surface area contributed by atoms with Gasteiger partial charge in [0.15, 0.2) is 0 Å². The average Bonchev–Trinajstić information content (AvgIpc) is 2.33. The molecule has 0 aliphatic heterocycles. The van der Waals surface area contributed by atoms with Gasteiger partial charge in [-0.2, -0.15) is 0 Å². The Kier molecular flexibility index (Phi) is 3.19. The van der Waals surface area contributed by atoms with Gasteiger partial charge in [0.05, 0.1) is 11.4 Å². The monoisotopic (exact) mass is 242 g/mol. The van der Waals surface area contributed by atoms with Crippen LogP contribution in [0.2, 0.25) is 0 Å².